The summed E-state index contributed by atoms with van der Waals surface area (Å²) < 4.78 is 61.6. The molecule has 0 aromatic carbocycles. The van der Waals surface area contributed by atoms with Gasteiger partial charge >= 0.3 is 6.18 Å². The van der Waals surface area contributed by atoms with E-state index in [0.717, 1.165) is 7.05 Å². The zero-order chi connectivity index (χ0) is 14.8. The van der Waals surface area contributed by atoms with Gasteiger partial charge < -0.3 is 5.73 Å². The number of alkyl halides is 3. The van der Waals surface area contributed by atoms with Gasteiger partial charge in [-0.2, -0.15) is 13.2 Å². The van der Waals surface area contributed by atoms with Crippen molar-refractivity contribution in [1.82, 2.24) is 4.31 Å². The highest BCUT2D eigenvalue weighted by Gasteiger charge is 2.32. The van der Waals surface area contributed by atoms with Gasteiger partial charge in [-0.3, -0.25) is 0 Å². The Morgan fingerprint density at radius 1 is 1.42 bits per heavy atom. The number of nitrogens with two attached hydrogens (primary N) is 1. The molecule has 0 atom stereocenters. The van der Waals surface area contributed by atoms with Crippen LogP contribution in [0.15, 0.2) is 10.3 Å². The number of aryl methyl sites for hydroxylation is 1. The molecule has 0 aliphatic heterocycles. The molecule has 0 spiro atoms. The monoisotopic (exact) mass is 316 g/mol. The van der Waals surface area contributed by atoms with Gasteiger partial charge in [0, 0.05) is 25.0 Å². The predicted octanol–water partition coefficient (Wildman–Crippen LogP) is 2.09. The van der Waals surface area contributed by atoms with Crippen molar-refractivity contribution in [3.8, 4) is 0 Å². The molecule has 0 aliphatic rings. The van der Waals surface area contributed by atoms with Gasteiger partial charge in [0.15, 0.2) is 0 Å². The summed E-state index contributed by atoms with van der Waals surface area (Å²) in [5.41, 5.74) is 5.96. The van der Waals surface area contributed by atoms with Gasteiger partial charge in [-0.25, -0.2) is 12.7 Å². The summed E-state index contributed by atoms with van der Waals surface area (Å²) >= 11 is 1.19. The summed E-state index contributed by atoms with van der Waals surface area (Å²) in [6, 6.07) is 0. The first-order chi connectivity index (χ1) is 8.59. The van der Waals surface area contributed by atoms with Crippen molar-refractivity contribution in [2.45, 2.75) is 31.0 Å². The van der Waals surface area contributed by atoms with Gasteiger partial charge in [0.05, 0.1) is 6.42 Å². The molecule has 1 heterocycles. The zero-order valence-corrected chi connectivity index (χ0v) is 12.1. The van der Waals surface area contributed by atoms with E-state index < -0.39 is 29.2 Å². The summed E-state index contributed by atoms with van der Waals surface area (Å²) in [6.07, 6.45) is -5.56. The first-order valence-electron chi connectivity index (χ1n) is 5.39. The number of thiophene rings is 1. The van der Waals surface area contributed by atoms with Crippen LogP contribution in [0.5, 0.6) is 0 Å². The summed E-state index contributed by atoms with van der Waals surface area (Å²) in [6.45, 7) is 1.03. The largest absolute Gasteiger partial charge is 0.390 e. The highest BCUT2D eigenvalue weighted by molar-refractivity contribution is 7.89. The Kier molecular flexibility index (Phi) is 4.99. The molecule has 0 bridgehead atoms. The van der Waals surface area contributed by atoms with Crippen LogP contribution in [0.2, 0.25) is 0 Å². The normalized spacial score (nSPS) is 13.2. The van der Waals surface area contributed by atoms with Crippen molar-refractivity contribution in [2.24, 2.45) is 5.73 Å². The van der Waals surface area contributed by atoms with Crippen LogP contribution in [-0.4, -0.2) is 32.5 Å². The maximum Gasteiger partial charge on any atom is 0.390 e. The van der Waals surface area contributed by atoms with Crippen molar-refractivity contribution in [3.05, 3.63) is 15.8 Å². The zero-order valence-electron chi connectivity index (χ0n) is 10.5. The molecule has 110 valence electrons. The van der Waals surface area contributed by atoms with E-state index in [2.05, 4.69) is 0 Å². The van der Waals surface area contributed by atoms with Crippen molar-refractivity contribution in [3.63, 3.8) is 0 Å². The van der Waals surface area contributed by atoms with Gasteiger partial charge in [0.1, 0.15) is 4.90 Å². The molecular formula is C10H15F3N2O2S2. The van der Waals surface area contributed by atoms with Gasteiger partial charge in [-0.05, 0) is 17.9 Å². The molecule has 1 rings (SSSR count). The van der Waals surface area contributed by atoms with E-state index in [9.17, 15) is 21.6 Å². The van der Waals surface area contributed by atoms with Crippen LogP contribution in [0.3, 0.4) is 0 Å². The molecule has 0 saturated carbocycles. The third kappa shape index (κ3) is 3.91. The summed E-state index contributed by atoms with van der Waals surface area (Å²) in [5.74, 6) is 0. The fourth-order valence-electron chi connectivity index (χ4n) is 1.53. The van der Waals surface area contributed by atoms with E-state index in [-0.39, 0.29) is 11.4 Å². The van der Waals surface area contributed by atoms with Crippen LogP contribution >= 0.6 is 11.3 Å². The molecule has 4 nitrogen and oxygen atoms in total. The SMILES string of the molecule is Cc1csc(CN)c1S(=O)(=O)N(C)CCC(F)(F)F. The molecule has 0 aliphatic carbocycles. The number of sulfonamides is 1. The highest BCUT2D eigenvalue weighted by Crippen LogP contribution is 2.29. The molecule has 0 unspecified atom stereocenters. The van der Waals surface area contributed by atoms with Crippen molar-refractivity contribution in [2.75, 3.05) is 13.6 Å². The molecule has 0 fully saturated rings. The van der Waals surface area contributed by atoms with E-state index in [1.165, 1.54) is 11.3 Å². The Bertz CT molecular complexity index is 537. The Morgan fingerprint density at radius 2 is 2.00 bits per heavy atom. The predicted molar refractivity (Wildman–Crippen MR) is 67.4 cm³/mol. The fourth-order valence-corrected chi connectivity index (χ4v) is 4.35. The lowest BCUT2D eigenvalue weighted by atomic mass is 10.3. The summed E-state index contributed by atoms with van der Waals surface area (Å²) in [5, 5.41) is 1.63. The van der Waals surface area contributed by atoms with E-state index in [1.807, 2.05) is 0 Å². The average molecular weight is 316 g/mol. The first-order valence-corrected chi connectivity index (χ1v) is 7.71. The second-order valence-corrected chi connectivity index (χ2v) is 7.01. The molecule has 1 aromatic rings. The minimum Gasteiger partial charge on any atom is -0.326 e. The molecular weight excluding hydrogens is 301 g/mol. The number of halogens is 3. The van der Waals surface area contributed by atoms with Gasteiger partial charge in [-0.1, -0.05) is 0 Å². The Hall–Kier alpha value is -0.640. The molecule has 9 heteroatoms. The van der Waals surface area contributed by atoms with Crippen LogP contribution in [0.4, 0.5) is 13.2 Å². The lowest BCUT2D eigenvalue weighted by molar-refractivity contribution is -0.135. The fraction of sp³-hybridized carbons (Fsp3) is 0.600. The summed E-state index contributed by atoms with van der Waals surface area (Å²) in [4.78, 5) is 0.487. The van der Waals surface area contributed by atoms with Gasteiger partial charge in [-0.15, -0.1) is 11.3 Å². The number of rotatable bonds is 5. The van der Waals surface area contributed by atoms with Gasteiger partial charge in [0.2, 0.25) is 10.0 Å². The standard InChI is InChI=1S/C10H15F3N2O2S2/c1-7-6-18-8(5-14)9(7)19(16,17)15(2)4-3-10(11,12)13/h6H,3-5,14H2,1-2H3. The van der Waals surface area contributed by atoms with E-state index in [4.69, 9.17) is 5.73 Å². The Labute approximate surface area is 114 Å². The highest BCUT2D eigenvalue weighted by atomic mass is 32.2. The van der Waals surface area contributed by atoms with Crippen LogP contribution in [0.1, 0.15) is 16.9 Å². The van der Waals surface area contributed by atoms with Gasteiger partial charge in [0.25, 0.3) is 0 Å². The number of hydrogen-bond donors (Lipinski definition) is 1. The topological polar surface area (TPSA) is 63.4 Å². The molecule has 0 saturated heterocycles. The average Bonchev–Trinajstić information content (AvgIpc) is 2.66. The smallest absolute Gasteiger partial charge is 0.326 e. The van der Waals surface area contributed by atoms with Crippen molar-refractivity contribution < 1.29 is 21.6 Å². The quantitative estimate of drug-likeness (QED) is 0.904. The second kappa shape index (κ2) is 5.78. The van der Waals surface area contributed by atoms with Crippen molar-refractivity contribution >= 4 is 21.4 Å². The molecule has 0 amide bonds. The lowest BCUT2D eigenvalue weighted by Gasteiger charge is -2.19. The molecule has 2 N–H and O–H groups in total. The Morgan fingerprint density at radius 3 is 2.47 bits per heavy atom. The third-order valence-corrected chi connectivity index (χ3v) is 5.90. The first kappa shape index (κ1) is 16.4. The Balaban J connectivity index is 3.00. The molecule has 1 aromatic heterocycles. The second-order valence-electron chi connectivity index (χ2n) is 4.07. The third-order valence-electron chi connectivity index (χ3n) is 2.55. The van der Waals surface area contributed by atoms with Crippen molar-refractivity contribution in [1.29, 1.82) is 0 Å². The minimum atomic E-state index is -4.38. The number of nitrogens with zero attached hydrogens (tertiary/aromatic N) is 1. The van der Waals surface area contributed by atoms with Crippen LogP contribution < -0.4 is 5.73 Å². The lowest BCUT2D eigenvalue weighted by Crippen LogP contribution is -2.31. The van der Waals surface area contributed by atoms with Crippen LogP contribution in [0, 0.1) is 6.92 Å². The molecule has 0 radical (unpaired) electrons. The van der Waals surface area contributed by atoms with Crippen LogP contribution in [-0.2, 0) is 16.6 Å². The van der Waals surface area contributed by atoms with Crippen LogP contribution in [0.25, 0.3) is 0 Å². The van der Waals surface area contributed by atoms with E-state index in [1.54, 1.807) is 12.3 Å². The maximum atomic E-state index is 12.2. The van der Waals surface area contributed by atoms with E-state index >= 15 is 0 Å². The molecule has 19 heavy (non-hydrogen) atoms. The minimum absolute atomic E-state index is 0.0321. The summed E-state index contributed by atoms with van der Waals surface area (Å²) in [7, 11) is -2.79. The van der Waals surface area contributed by atoms with E-state index in [0.29, 0.717) is 14.7 Å². The number of hydrogen-bond acceptors (Lipinski definition) is 4. The maximum absolute atomic E-state index is 12.2.